The van der Waals surface area contributed by atoms with Gasteiger partial charge in [0.15, 0.2) is 0 Å². The smallest absolute Gasteiger partial charge is 0.317 e. The molecular weight excluding hydrogens is 294 g/mol. The molecular formula is C17H21N3OS. The fraction of sp³-hybridized carbons (Fsp3) is 0.412. The molecule has 0 spiro atoms. The summed E-state index contributed by atoms with van der Waals surface area (Å²) in [5, 5.41) is 5.93. The Bertz CT molecular complexity index is 600. The molecule has 1 aliphatic rings. The number of amides is 2. The minimum absolute atomic E-state index is 0.0262. The van der Waals surface area contributed by atoms with Crippen molar-refractivity contribution in [2.24, 2.45) is 5.92 Å². The first-order valence-corrected chi connectivity index (χ1v) is 8.59. The van der Waals surface area contributed by atoms with Crippen LogP contribution >= 0.6 is 11.3 Å². The zero-order valence-corrected chi connectivity index (χ0v) is 13.6. The van der Waals surface area contributed by atoms with Crippen molar-refractivity contribution in [3.8, 4) is 0 Å². The van der Waals surface area contributed by atoms with Crippen LogP contribution in [-0.4, -0.2) is 29.0 Å². The van der Waals surface area contributed by atoms with Crippen molar-refractivity contribution in [2.45, 2.75) is 25.8 Å². The number of thiazole rings is 1. The standard InChI is InChI=1S/C17H21N3OS/c1-13(16-18-8-10-22-16)19-17(21)20-9-7-15(12-20)11-14-5-3-2-4-6-14/h2-6,8,10,13,15H,7,9,11-12H2,1H3,(H,19,21)/t13-,15-/m1/s1. The number of hydrogen-bond donors (Lipinski definition) is 1. The van der Waals surface area contributed by atoms with E-state index < -0.39 is 0 Å². The van der Waals surface area contributed by atoms with Crippen molar-refractivity contribution in [3.05, 3.63) is 52.5 Å². The molecule has 1 aromatic heterocycles. The Kier molecular flexibility index (Phi) is 4.73. The molecule has 22 heavy (non-hydrogen) atoms. The fourth-order valence-corrected chi connectivity index (χ4v) is 3.56. The van der Waals surface area contributed by atoms with Crippen LogP contribution in [-0.2, 0) is 6.42 Å². The van der Waals surface area contributed by atoms with E-state index >= 15 is 0 Å². The summed E-state index contributed by atoms with van der Waals surface area (Å²) in [6.07, 6.45) is 3.90. The molecule has 1 aromatic carbocycles. The Morgan fingerprint density at radius 1 is 1.45 bits per heavy atom. The second kappa shape index (κ2) is 6.92. The van der Waals surface area contributed by atoms with Crippen LogP contribution in [0.2, 0.25) is 0 Å². The summed E-state index contributed by atoms with van der Waals surface area (Å²) in [5.41, 5.74) is 1.35. The van der Waals surface area contributed by atoms with E-state index in [0.717, 1.165) is 30.9 Å². The van der Waals surface area contributed by atoms with Crippen LogP contribution in [0.15, 0.2) is 41.9 Å². The number of hydrogen-bond acceptors (Lipinski definition) is 3. The Morgan fingerprint density at radius 2 is 2.27 bits per heavy atom. The highest BCUT2D eigenvalue weighted by atomic mass is 32.1. The van der Waals surface area contributed by atoms with Crippen LogP contribution in [0.5, 0.6) is 0 Å². The van der Waals surface area contributed by atoms with E-state index in [-0.39, 0.29) is 12.1 Å². The van der Waals surface area contributed by atoms with Crippen LogP contribution in [0.4, 0.5) is 4.79 Å². The molecule has 0 aliphatic carbocycles. The maximum Gasteiger partial charge on any atom is 0.317 e. The van der Waals surface area contributed by atoms with Crippen LogP contribution in [0.25, 0.3) is 0 Å². The molecule has 2 heterocycles. The third kappa shape index (κ3) is 3.65. The van der Waals surface area contributed by atoms with Crippen LogP contribution < -0.4 is 5.32 Å². The summed E-state index contributed by atoms with van der Waals surface area (Å²) in [4.78, 5) is 18.5. The molecule has 2 atom stereocenters. The van der Waals surface area contributed by atoms with Gasteiger partial charge in [-0.1, -0.05) is 30.3 Å². The molecule has 1 fully saturated rings. The number of urea groups is 1. The van der Waals surface area contributed by atoms with Gasteiger partial charge in [-0.25, -0.2) is 9.78 Å². The average molecular weight is 315 g/mol. The minimum atomic E-state index is -0.0272. The van der Waals surface area contributed by atoms with Crippen LogP contribution in [0, 0.1) is 5.92 Å². The summed E-state index contributed by atoms with van der Waals surface area (Å²) in [6, 6.07) is 10.5. The number of carbonyl (C=O) groups is 1. The van der Waals surface area contributed by atoms with Crippen molar-refractivity contribution < 1.29 is 4.79 Å². The second-order valence-corrected chi connectivity index (χ2v) is 6.76. The van der Waals surface area contributed by atoms with E-state index in [9.17, 15) is 4.79 Å². The Hall–Kier alpha value is -1.88. The summed E-state index contributed by atoms with van der Waals surface area (Å²) in [5.74, 6) is 0.559. The Balaban J connectivity index is 1.50. The van der Waals surface area contributed by atoms with E-state index in [1.54, 1.807) is 17.5 Å². The van der Waals surface area contributed by atoms with Crippen LogP contribution in [0.3, 0.4) is 0 Å². The third-order valence-corrected chi connectivity index (χ3v) is 5.06. The first-order valence-electron chi connectivity index (χ1n) is 7.71. The summed E-state index contributed by atoms with van der Waals surface area (Å²) in [6.45, 7) is 3.66. The normalized spacial score (nSPS) is 19.1. The van der Waals surface area contributed by atoms with E-state index in [4.69, 9.17) is 0 Å². The third-order valence-electron chi connectivity index (χ3n) is 4.10. The lowest BCUT2D eigenvalue weighted by molar-refractivity contribution is 0.203. The molecule has 0 saturated carbocycles. The minimum Gasteiger partial charge on any atom is -0.329 e. The monoisotopic (exact) mass is 315 g/mol. The average Bonchev–Trinajstić information content (AvgIpc) is 3.19. The lowest BCUT2D eigenvalue weighted by Crippen LogP contribution is -2.39. The fourth-order valence-electron chi connectivity index (χ4n) is 2.92. The van der Waals surface area contributed by atoms with Gasteiger partial charge >= 0.3 is 6.03 Å². The quantitative estimate of drug-likeness (QED) is 0.939. The van der Waals surface area contributed by atoms with Crippen LogP contribution in [0.1, 0.15) is 30.0 Å². The summed E-state index contributed by atoms with van der Waals surface area (Å²) >= 11 is 1.57. The van der Waals surface area contributed by atoms with E-state index in [2.05, 4.69) is 34.6 Å². The number of nitrogens with zero attached hydrogens (tertiary/aromatic N) is 2. The highest BCUT2D eigenvalue weighted by Crippen LogP contribution is 2.22. The van der Waals surface area contributed by atoms with E-state index in [1.807, 2.05) is 23.3 Å². The van der Waals surface area contributed by atoms with Gasteiger partial charge < -0.3 is 10.2 Å². The lowest BCUT2D eigenvalue weighted by atomic mass is 9.99. The van der Waals surface area contributed by atoms with Gasteiger partial charge in [0.05, 0.1) is 6.04 Å². The first-order chi connectivity index (χ1) is 10.7. The molecule has 1 N–H and O–H groups in total. The largest absolute Gasteiger partial charge is 0.329 e. The molecule has 2 aromatic rings. The number of aromatic nitrogens is 1. The summed E-state index contributed by atoms with van der Waals surface area (Å²) in [7, 11) is 0. The van der Waals surface area contributed by atoms with Crippen molar-refractivity contribution in [1.29, 1.82) is 0 Å². The van der Waals surface area contributed by atoms with Gasteiger partial charge in [0.25, 0.3) is 0 Å². The zero-order chi connectivity index (χ0) is 15.4. The number of nitrogens with one attached hydrogen (secondary N) is 1. The van der Waals surface area contributed by atoms with Crippen molar-refractivity contribution in [2.75, 3.05) is 13.1 Å². The van der Waals surface area contributed by atoms with Crippen molar-refractivity contribution in [1.82, 2.24) is 15.2 Å². The zero-order valence-electron chi connectivity index (χ0n) is 12.7. The molecule has 0 bridgehead atoms. The molecule has 1 aliphatic heterocycles. The lowest BCUT2D eigenvalue weighted by Gasteiger charge is -2.20. The molecule has 0 radical (unpaired) electrons. The van der Waals surface area contributed by atoms with Gasteiger partial charge in [0.1, 0.15) is 5.01 Å². The van der Waals surface area contributed by atoms with Gasteiger partial charge in [0.2, 0.25) is 0 Å². The number of carbonyl (C=O) groups excluding carboxylic acids is 1. The maximum atomic E-state index is 12.3. The number of benzene rings is 1. The molecule has 116 valence electrons. The molecule has 0 unspecified atom stereocenters. The first kappa shape index (κ1) is 15.0. The molecule has 5 heteroatoms. The van der Waals surface area contributed by atoms with Gasteiger partial charge in [-0.2, -0.15) is 0 Å². The number of rotatable bonds is 4. The second-order valence-electron chi connectivity index (χ2n) is 5.83. The maximum absolute atomic E-state index is 12.3. The molecule has 4 nitrogen and oxygen atoms in total. The Morgan fingerprint density at radius 3 is 3.00 bits per heavy atom. The number of likely N-dealkylation sites (tertiary alicyclic amines) is 1. The predicted molar refractivity (Wildman–Crippen MR) is 88.9 cm³/mol. The topological polar surface area (TPSA) is 45.2 Å². The predicted octanol–water partition coefficient (Wildman–Crippen LogP) is 3.48. The van der Waals surface area contributed by atoms with E-state index in [1.165, 1.54) is 5.56 Å². The molecule has 3 rings (SSSR count). The molecule has 2 amide bonds. The van der Waals surface area contributed by atoms with Crippen molar-refractivity contribution in [3.63, 3.8) is 0 Å². The van der Waals surface area contributed by atoms with E-state index in [0.29, 0.717) is 5.92 Å². The van der Waals surface area contributed by atoms with Crippen molar-refractivity contribution >= 4 is 17.4 Å². The van der Waals surface area contributed by atoms with Gasteiger partial charge in [-0.05, 0) is 31.2 Å². The van der Waals surface area contributed by atoms with Gasteiger partial charge in [-0.3, -0.25) is 0 Å². The Labute approximate surface area is 135 Å². The summed E-state index contributed by atoms with van der Waals surface area (Å²) < 4.78 is 0. The van der Waals surface area contributed by atoms with Gasteiger partial charge in [-0.15, -0.1) is 11.3 Å². The highest BCUT2D eigenvalue weighted by Gasteiger charge is 2.27. The molecule has 1 saturated heterocycles. The van der Waals surface area contributed by atoms with Gasteiger partial charge in [0, 0.05) is 24.7 Å². The SMILES string of the molecule is C[C@@H](NC(=O)N1CC[C@H](Cc2ccccc2)C1)c1nccs1. The highest BCUT2D eigenvalue weighted by molar-refractivity contribution is 7.09.